The van der Waals surface area contributed by atoms with Crippen LogP contribution in [0.3, 0.4) is 0 Å². The van der Waals surface area contributed by atoms with E-state index < -0.39 is 11.0 Å². The van der Waals surface area contributed by atoms with Gasteiger partial charge in [-0.05, 0) is 37.0 Å². The molecule has 31 heavy (non-hydrogen) atoms. The van der Waals surface area contributed by atoms with Crippen LogP contribution in [0.25, 0.3) is 0 Å². The van der Waals surface area contributed by atoms with E-state index in [1.807, 2.05) is 45.0 Å². The fraction of sp³-hybridized carbons (Fsp3) is 0.391. The summed E-state index contributed by atoms with van der Waals surface area (Å²) in [5.41, 5.74) is 3.04. The van der Waals surface area contributed by atoms with Gasteiger partial charge in [0, 0.05) is 31.0 Å². The van der Waals surface area contributed by atoms with Crippen LogP contribution in [0.4, 0.5) is 5.69 Å². The largest absolute Gasteiger partial charge is 0.355 e. The van der Waals surface area contributed by atoms with E-state index >= 15 is 0 Å². The molecule has 0 aliphatic carbocycles. The lowest BCUT2D eigenvalue weighted by Crippen LogP contribution is -2.49. The smallest absolute Gasteiger partial charge is 0.269 e. The van der Waals surface area contributed by atoms with Crippen molar-refractivity contribution in [1.82, 2.24) is 10.2 Å². The minimum absolute atomic E-state index is 0.0435. The first-order valence-corrected chi connectivity index (χ1v) is 11.5. The molecule has 0 saturated heterocycles. The van der Waals surface area contributed by atoms with E-state index in [0.29, 0.717) is 25.3 Å². The Balaban J connectivity index is 2.10. The van der Waals surface area contributed by atoms with Gasteiger partial charge in [0.1, 0.15) is 6.04 Å². The SMILES string of the molecule is CCNC(=O)C(CC)N(Cc1ccccc1C)C(=O)CSCc1ccc([N+](=O)[O-])cc1. The third kappa shape index (κ3) is 7.10. The molecule has 166 valence electrons. The van der Waals surface area contributed by atoms with E-state index in [-0.39, 0.29) is 23.3 Å². The Morgan fingerprint density at radius 1 is 1.13 bits per heavy atom. The van der Waals surface area contributed by atoms with Crippen molar-refractivity contribution in [1.29, 1.82) is 0 Å². The molecule has 0 heterocycles. The van der Waals surface area contributed by atoms with Crippen LogP contribution in [-0.4, -0.2) is 40.0 Å². The number of nitrogens with one attached hydrogen (secondary N) is 1. The van der Waals surface area contributed by atoms with E-state index in [2.05, 4.69) is 5.32 Å². The highest BCUT2D eigenvalue weighted by atomic mass is 32.2. The number of carbonyl (C=O) groups excluding carboxylic acids is 2. The van der Waals surface area contributed by atoms with Gasteiger partial charge in [-0.3, -0.25) is 19.7 Å². The van der Waals surface area contributed by atoms with E-state index in [1.165, 1.54) is 23.9 Å². The zero-order valence-electron chi connectivity index (χ0n) is 18.2. The molecule has 1 unspecified atom stereocenters. The number of nitrogens with zero attached hydrogens (tertiary/aromatic N) is 2. The van der Waals surface area contributed by atoms with Gasteiger partial charge in [-0.2, -0.15) is 0 Å². The van der Waals surface area contributed by atoms with Crippen molar-refractivity contribution in [3.05, 3.63) is 75.3 Å². The van der Waals surface area contributed by atoms with Crippen molar-refractivity contribution in [2.45, 2.75) is 45.5 Å². The first-order chi connectivity index (χ1) is 14.9. The van der Waals surface area contributed by atoms with Crippen LogP contribution in [0.2, 0.25) is 0 Å². The second-order valence-corrected chi connectivity index (χ2v) is 8.17. The van der Waals surface area contributed by atoms with Crippen molar-refractivity contribution in [2.24, 2.45) is 0 Å². The maximum absolute atomic E-state index is 13.1. The fourth-order valence-electron chi connectivity index (χ4n) is 3.24. The van der Waals surface area contributed by atoms with Gasteiger partial charge in [0.2, 0.25) is 11.8 Å². The molecule has 0 aliphatic rings. The Labute approximate surface area is 187 Å². The minimum Gasteiger partial charge on any atom is -0.355 e. The molecule has 1 N–H and O–H groups in total. The predicted molar refractivity (Wildman–Crippen MR) is 124 cm³/mol. The number of aryl methyl sites for hydroxylation is 1. The molecule has 0 bridgehead atoms. The molecule has 2 aromatic carbocycles. The number of amides is 2. The van der Waals surface area contributed by atoms with Crippen LogP contribution in [0.5, 0.6) is 0 Å². The van der Waals surface area contributed by atoms with E-state index in [0.717, 1.165) is 16.7 Å². The average molecular weight is 444 g/mol. The van der Waals surface area contributed by atoms with Gasteiger partial charge < -0.3 is 10.2 Å². The highest BCUT2D eigenvalue weighted by Gasteiger charge is 2.28. The molecule has 2 aromatic rings. The lowest BCUT2D eigenvalue weighted by atomic mass is 10.1. The maximum atomic E-state index is 13.1. The van der Waals surface area contributed by atoms with Crippen molar-refractivity contribution in [3.8, 4) is 0 Å². The first kappa shape index (κ1) is 24.4. The Kier molecular flexibility index (Phi) is 9.52. The van der Waals surface area contributed by atoms with Crippen LogP contribution in [0.15, 0.2) is 48.5 Å². The second-order valence-electron chi connectivity index (χ2n) is 7.18. The van der Waals surface area contributed by atoms with Gasteiger partial charge in [-0.15, -0.1) is 11.8 Å². The summed E-state index contributed by atoms with van der Waals surface area (Å²) in [5.74, 6) is 0.527. The third-order valence-electron chi connectivity index (χ3n) is 4.98. The zero-order valence-corrected chi connectivity index (χ0v) is 19.0. The van der Waals surface area contributed by atoms with Crippen molar-refractivity contribution in [3.63, 3.8) is 0 Å². The monoisotopic (exact) mass is 443 g/mol. The van der Waals surface area contributed by atoms with Crippen LogP contribution in [-0.2, 0) is 21.9 Å². The summed E-state index contributed by atoms with van der Waals surface area (Å²) in [6.45, 7) is 6.64. The zero-order chi connectivity index (χ0) is 22.8. The maximum Gasteiger partial charge on any atom is 0.269 e. The van der Waals surface area contributed by atoms with Crippen molar-refractivity contribution in [2.75, 3.05) is 12.3 Å². The molecule has 0 aliphatic heterocycles. The van der Waals surface area contributed by atoms with E-state index in [1.54, 1.807) is 17.0 Å². The van der Waals surface area contributed by atoms with Gasteiger partial charge in [-0.25, -0.2) is 0 Å². The minimum atomic E-state index is -0.535. The van der Waals surface area contributed by atoms with Crippen molar-refractivity contribution >= 4 is 29.3 Å². The summed E-state index contributed by atoms with van der Waals surface area (Å²) in [4.78, 5) is 37.8. The quantitative estimate of drug-likeness (QED) is 0.417. The summed E-state index contributed by atoms with van der Waals surface area (Å²) in [5, 5.41) is 13.6. The summed E-state index contributed by atoms with van der Waals surface area (Å²) in [6.07, 6.45) is 0.524. The highest BCUT2D eigenvalue weighted by molar-refractivity contribution is 7.99. The first-order valence-electron chi connectivity index (χ1n) is 10.3. The molecular weight excluding hydrogens is 414 g/mol. The van der Waals surface area contributed by atoms with Crippen LogP contribution in [0.1, 0.15) is 37.0 Å². The number of carbonyl (C=O) groups is 2. The van der Waals surface area contributed by atoms with E-state index in [9.17, 15) is 19.7 Å². The third-order valence-corrected chi connectivity index (χ3v) is 5.97. The molecule has 0 aromatic heterocycles. The number of thioether (sulfide) groups is 1. The lowest BCUT2D eigenvalue weighted by molar-refractivity contribution is -0.384. The van der Waals surface area contributed by atoms with Gasteiger partial charge in [-0.1, -0.05) is 43.3 Å². The number of nitro groups is 1. The topological polar surface area (TPSA) is 92.6 Å². The summed E-state index contributed by atoms with van der Waals surface area (Å²) in [7, 11) is 0. The number of non-ortho nitro benzene ring substituents is 1. The molecule has 0 radical (unpaired) electrons. The van der Waals surface area contributed by atoms with Gasteiger partial charge in [0.05, 0.1) is 10.7 Å². The van der Waals surface area contributed by atoms with Crippen molar-refractivity contribution < 1.29 is 14.5 Å². The van der Waals surface area contributed by atoms with Crippen LogP contribution >= 0.6 is 11.8 Å². The predicted octanol–water partition coefficient (Wildman–Crippen LogP) is 4.08. The molecule has 2 rings (SSSR count). The van der Waals surface area contributed by atoms with Gasteiger partial charge in [0.15, 0.2) is 0 Å². The molecule has 2 amide bonds. The van der Waals surface area contributed by atoms with E-state index in [4.69, 9.17) is 0 Å². The second kappa shape index (κ2) is 12.1. The average Bonchev–Trinajstić information content (AvgIpc) is 2.75. The number of benzene rings is 2. The Morgan fingerprint density at radius 2 is 1.81 bits per heavy atom. The molecule has 0 fully saturated rings. The molecule has 0 saturated carbocycles. The molecule has 0 spiro atoms. The van der Waals surface area contributed by atoms with Gasteiger partial charge in [0.25, 0.3) is 5.69 Å². The van der Waals surface area contributed by atoms with Gasteiger partial charge >= 0.3 is 0 Å². The van der Waals surface area contributed by atoms with Crippen LogP contribution in [0, 0.1) is 17.0 Å². The molecular formula is C23H29N3O4S. The number of likely N-dealkylation sites (N-methyl/N-ethyl adjacent to an activating group) is 1. The summed E-state index contributed by atoms with van der Waals surface area (Å²) < 4.78 is 0. The number of nitro benzene ring substituents is 1. The standard InChI is InChI=1S/C23H29N3O4S/c1-4-21(23(28)24-5-2)25(14-19-9-7-6-8-17(19)3)22(27)16-31-15-18-10-12-20(13-11-18)26(29)30/h6-13,21H,4-5,14-16H2,1-3H3,(H,24,28). The Hall–Kier alpha value is -2.87. The normalized spacial score (nSPS) is 11.6. The molecule has 7 nitrogen and oxygen atoms in total. The fourth-order valence-corrected chi connectivity index (χ4v) is 4.11. The number of rotatable bonds is 11. The Morgan fingerprint density at radius 3 is 2.39 bits per heavy atom. The summed E-state index contributed by atoms with van der Waals surface area (Å²) in [6, 6.07) is 13.6. The number of hydrogen-bond donors (Lipinski definition) is 1. The molecule has 8 heteroatoms. The van der Waals surface area contributed by atoms with Crippen LogP contribution < -0.4 is 5.32 Å². The number of hydrogen-bond acceptors (Lipinski definition) is 5. The summed E-state index contributed by atoms with van der Waals surface area (Å²) >= 11 is 1.43. The highest BCUT2D eigenvalue weighted by Crippen LogP contribution is 2.20. The molecule has 1 atom stereocenters. The Bertz CT molecular complexity index is 902. The lowest BCUT2D eigenvalue weighted by Gasteiger charge is -2.31.